The van der Waals surface area contributed by atoms with E-state index in [0.717, 1.165) is 95.5 Å². The number of aromatic nitrogens is 2. The second-order valence-corrected chi connectivity index (χ2v) is 31.0. The van der Waals surface area contributed by atoms with Crippen LogP contribution >= 0.6 is 0 Å². The first-order valence-corrected chi connectivity index (χ1v) is 40.7. The molecule has 0 atom stereocenters. The number of hydrogen-bond donors (Lipinski definition) is 0. The van der Waals surface area contributed by atoms with Crippen LogP contribution in [0.3, 0.4) is 0 Å². The Kier molecular flexibility index (Phi) is 16.2. The highest BCUT2D eigenvalue weighted by atomic mass is 15.2. The quantitative estimate of drug-likeness (QED) is 0.101. The highest BCUT2D eigenvalue weighted by Gasteiger charge is 2.26. The van der Waals surface area contributed by atoms with Gasteiger partial charge in [-0.15, -0.1) is 0 Å². The van der Waals surface area contributed by atoms with Crippen molar-refractivity contribution in [2.24, 2.45) is 0 Å². The molecule has 0 aliphatic carbocycles. The number of para-hydroxylation sites is 2. The summed E-state index contributed by atoms with van der Waals surface area (Å²) < 4.78 is 4.90. The van der Waals surface area contributed by atoms with Gasteiger partial charge in [-0.05, 0) is 242 Å². The molecule has 0 aliphatic heterocycles. The van der Waals surface area contributed by atoms with Gasteiger partial charge in [0.1, 0.15) is 0 Å². The monoisotopic (exact) mass is 1500 g/mol. The molecule has 0 bridgehead atoms. The van der Waals surface area contributed by atoms with Gasteiger partial charge in [0, 0.05) is 66.4 Å². The van der Waals surface area contributed by atoms with Gasteiger partial charge in [-0.2, -0.15) is 0 Å². The van der Waals surface area contributed by atoms with Crippen LogP contribution in [-0.2, 0) is 0 Å². The van der Waals surface area contributed by atoms with Crippen molar-refractivity contribution in [1.29, 1.82) is 0 Å². The highest BCUT2D eigenvalue weighted by Crippen LogP contribution is 2.50. The third kappa shape index (κ3) is 11.4. The predicted octanol–water partition coefficient (Wildman–Crippen LogP) is 31.7. The normalized spacial score (nSPS) is 11.7. The Morgan fingerprint density at radius 3 is 0.983 bits per heavy atom. The number of nitrogens with zero attached hydrogens (tertiary/aromatic N) is 4. The van der Waals surface area contributed by atoms with Crippen LogP contribution in [-0.4, -0.2) is 9.13 Å². The van der Waals surface area contributed by atoms with Gasteiger partial charge in [0.05, 0.1) is 33.4 Å². The maximum Gasteiger partial charge on any atom is 0.0547 e. The summed E-state index contributed by atoms with van der Waals surface area (Å²) in [7, 11) is 0. The summed E-state index contributed by atoms with van der Waals surface area (Å²) in [5.41, 5.74) is 27.3. The molecule has 118 heavy (non-hydrogen) atoms. The standard InChI is InChI=1S/C114H74N4/c1-4-26-75(27-5-1)80-31-20-32-81(68-80)78-58-63-91(64-59-78)115(109-73-86-29-11-13-43-95(86)101-46-16-18-48-103(101)109)93-41-22-34-84(71-93)99-51-25-53-106-113(99)114-100-65-60-83(69-88(100)62-67-108(114)118(106)90-38-8-3-9-39-90)77-56-54-76(55-57-77)82-33-21-40-92(70-82)116(110-74-87-30-12-14-44-96(87)102-47-17-19-49-104(102)110)94-42-23-35-85(72-94)98-50-24-52-105-112(98)111-97-45-15-10-28-79(97)61-66-107(111)117(105)89-36-6-2-7-37-89/h1-74H. The largest absolute Gasteiger partial charge is 0.310 e. The van der Waals surface area contributed by atoms with Gasteiger partial charge in [-0.1, -0.05) is 328 Å². The third-order valence-corrected chi connectivity index (χ3v) is 24.4. The Morgan fingerprint density at radius 2 is 0.475 bits per heavy atom. The van der Waals surface area contributed by atoms with Crippen LogP contribution in [0.1, 0.15) is 0 Å². The van der Waals surface area contributed by atoms with Gasteiger partial charge >= 0.3 is 0 Å². The summed E-state index contributed by atoms with van der Waals surface area (Å²) in [4.78, 5) is 4.95. The topological polar surface area (TPSA) is 16.3 Å². The summed E-state index contributed by atoms with van der Waals surface area (Å²) in [5, 5.41) is 19.4. The van der Waals surface area contributed by atoms with E-state index < -0.39 is 0 Å². The van der Waals surface area contributed by atoms with Gasteiger partial charge in [0.2, 0.25) is 0 Å². The van der Waals surface area contributed by atoms with E-state index in [1.54, 1.807) is 0 Å². The van der Waals surface area contributed by atoms with Crippen molar-refractivity contribution < 1.29 is 0 Å². The van der Waals surface area contributed by atoms with E-state index in [4.69, 9.17) is 0 Å². The molecule has 23 rings (SSSR count). The molecule has 0 aliphatic rings. The van der Waals surface area contributed by atoms with Crippen molar-refractivity contribution >= 4 is 142 Å². The first-order valence-electron chi connectivity index (χ1n) is 40.7. The van der Waals surface area contributed by atoms with Crippen molar-refractivity contribution in [3.05, 3.63) is 449 Å². The van der Waals surface area contributed by atoms with Crippen molar-refractivity contribution in [2.45, 2.75) is 0 Å². The summed E-state index contributed by atoms with van der Waals surface area (Å²) in [6.07, 6.45) is 0. The maximum atomic E-state index is 2.48. The van der Waals surface area contributed by atoms with Crippen LogP contribution in [0.5, 0.6) is 0 Å². The Morgan fingerprint density at radius 1 is 0.153 bits per heavy atom. The van der Waals surface area contributed by atoms with Crippen molar-refractivity contribution in [2.75, 3.05) is 9.80 Å². The smallest absolute Gasteiger partial charge is 0.0547 e. The number of rotatable bonds is 14. The van der Waals surface area contributed by atoms with E-state index in [1.807, 2.05) is 0 Å². The third-order valence-electron chi connectivity index (χ3n) is 24.4. The van der Waals surface area contributed by atoms with Crippen LogP contribution in [0.2, 0.25) is 0 Å². The summed E-state index contributed by atoms with van der Waals surface area (Å²) in [6.45, 7) is 0. The van der Waals surface area contributed by atoms with Gasteiger partial charge < -0.3 is 18.9 Å². The van der Waals surface area contributed by atoms with Gasteiger partial charge in [-0.3, -0.25) is 0 Å². The van der Waals surface area contributed by atoms with Crippen LogP contribution in [0, 0.1) is 0 Å². The molecule has 0 amide bonds. The number of benzene rings is 21. The molecule has 0 fully saturated rings. The van der Waals surface area contributed by atoms with Gasteiger partial charge in [0.25, 0.3) is 0 Å². The molecule has 0 saturated carbocycles. The molecule has 4 heteroatoms. The van der Waals surface area contributed by atoms with E-state index in [9.17, 15) is 0 Å². The minimum absolute atomic E-state index is 1.06. The number of hydrogen-bond acceptors (Lipinski definition) is 2. The Labute approximate surface area is 683 Å². The molecule has 0 radical (unpaired) electrons. The molecule has 0 saturated heterocycles. The van der Waals surface area contributed by atoms with Crippen molar-refractivity contribution in [1.82, 2.24) is 9.13 Å². The molecular formula is C114H74N4. The van der Waals surface area contributed by atoms with Crippen molar-refractivity contribution in [3.8, 4) is 78.1 Å². The molecule has 0 unspecified atom stereocenters. The van der Waals surface area contributed by atoms with Crippen LogP contribution in [0.15, 0.2) is 449 Å². The fraction of sp³-hybridized carbons (Fsp3) is 0. The van der Waals surface area contributed by atoms with Gasteiger partial charge in [0.15, 0.2) is 0 Å². The molecule has 2 aromatic heterocycles. The van der Waals surface area contributed by atoms with Crippen LogP contribution in [0.4, 0.5) is 34.1 Å². The lowest BCUT2D eigenvalue weighted by Crippen LogP contribution is -2.11. The van der Waals surface area contributed by atoms with E-state index in [1.165, 1.54) is 125 Å². The van der Waals surface area contributed by atoms with Crippen LogP contribution < -0.4 is 9.80 Å². The average molecular weight is 1500 g/mol. The van der Waals surface area contributed by atoms with E-state index in [-0.39, 0.29) is 0 Å². The molecule has 0 spiro atoms. The Bertz CT molecular complexity index is 7910. The molecule has 550 valence electrons. The summed E-state index contributed by atoms with van der Waals surface area (Å²) >= 11 is 0. The molecule has 2 heterocycles. The second kappa shape index (κ2) is 28.2. The predicted molar refractivity (Wildman–Crippen MR) is 502 cm³/mol. The van der Waals surface area contributed by atoms with E-state index in [2.05, 4.69) is 468 Å². The fourth-order valence-electron chi connectivity index (χ4n) is 19.0. The lowest BCUT2D eigenvalue weighted by Gasteiger charge is -2.28. The van der Waals surface area contributed by atoms with Crippen LogP contribution in [0.25, 0.3) is 186 Å². The highest BCUT2D eigenvalue weighted by molar-refractivity contribution is 6.27. The Hall–Kier alpha value is -15.6. The number of anilines is 6. The lowest BCUT2D eigenvalue weighted by molar-refractivity contribution is 1.18. The molecular weight excluding hydrogens is 1430 g/mol. The summed E-state index contributed by atoms with van der Waals surface area (Å²) in [5.74, 6) is 0. The zero-order chi connectivity index (χ0) is 77.7. The molecule has 23 aromatic rings. The van der Waals surface area contributed by atoms with E-state index in [0.29, 0.717) is 0 Å². The number of fused-ring (bicyclic) bond motifs is 16. The zero-order valence-corrected chi connectivity index (χ0v) is 64.5. The zero-order valence-electron chi connectivity index (χ0n) is 64.5. The first kappa shape index (κ1) is 68.0. The van der Waals surface area contributed by atoms with Gasteiger partial charge in [-0.25, -0.2) is 0 Å². The SMILES string of the molecule is c1ccc(-c2cccc(-c3ccc(N(c4cccc(-c5cccc6c5c5c7ccc(-c8ccc(-c9cccc(N(c%10cccc(-c%11cccc%12c%11c%11c%13ccccc%13ccc%11n%12-c%11ccccc%11)c%10)c%10cc%11ccccc%11c%11ccccc%10%11)c9)cc8)cc7ccc5n6-c5ccccc5)c4)c4cc5ccccc5c5ccccc45)cc3)c2)cc1. The second-order valence-electron chi connectivity index (χ2n) is 31.0. The lowest BCUT2D eigenvalue weighted by atomic mass is 9.94. The summed E-state index contributed by atoms with van der Waals surface area (Å²) in [6, 6.07) is 166. The molecule has 0 N–H and O–H groups in total. The molecule has 4 nitrogen and oxygen atoms in total. The van der Waals surface area contributed by atoms with Crippen molar-refractivity contribution in [3.63, 3.8) is 0 Å². The van der Waals surface area contributed by atoms with E-state index >= 15 is 0 Å². The average Bonchev–Trinajstić information content (AvgIpc) is 1.54. The maximum absolute atomic E-state index is 2.48. The fourth-order valence-corrected chi connectivity index (χ4v) is 19.0. The minimum Gasteiger partial charge on any atom is -0.310 e. The first-order chi connectivity index (χ1) is 58.5. The minimum atomic E-state index is 1.06. The molecule has 21 aromatic carbocycles. The Balaban J connectivity index is 0.628.